The highest BCUT2D eigenvalue weighted by molar-refractivity contribution is 5.84. The fourth-order valence-corrected chi connectivity index (χ4v) is 1.48. The molecule has 2 rings (SSSR count). The molecule has 2 aromatic rings. The molecule has 2 heterocycles. The van der Waals surface area contributed by atoms with Crippen molar-refractivity contribution in [3.63, 3.8) is 0 Å². The Morgan fingerprint density at radius 1 is 1.38 bits per heavy atom. The van der Waals surface area contributed by atoms with E-state index in [9.17, 15) is 0 Å². The topological polar surface area (TPSA) is 69.7 Å². The SMILES string of the molecule is CCNc1nc(N(C)CC)c2[nH]cnc2n1. The average molecular weight is 220 g/mol. The van der Waals surface area contributed by atoms with Gasteiger partial charge >= 0.3 is 0 Å². The van der Waals surface area contributed by atoms with Crippen molar-refractivity contribution in [2.24, 2.45) is 0 Å². The maximum absolute atomic E-state index is 4.47. The quantitative estimate of drug-likeness (QED) is 0.811. The van der Waals surface area contributed by atoms with Crippen LogP contribution in [0.2, 0.25) is 0 Å². The van der Waals surface area contributed by atoms with Gasteiger partial charge in [-0.3, -0.25) is 0 Å². The molecule has 0 aliphatic heterocycles. The van der Waals surface area contributed by atoms with Crippen LogP contribution < -0.4 is 10.2 Å². The van der Waals surface area contributed by atoms with Gasteiger partial charge in [-0.2, -0.15) is 9.97 Å². The summed E-state index contributed by atoms with van der Waals surface area (Å²) in [6.07, 6.45) is 1.64. The van der Waals surface area contributed by atoms with Gasteiger partial charge in [-0.05, 0) is 13.8 Å². The molecule has 6 nitrogen and oxygen atoms in total. The van der Waals surface area contributed by atoms with E-state index in [1.807, 2.05) is 14.0 Å². The van der Waals surface area contributed by atoms with Crippen molar-refractivity contribution >= 4 is 22.9 Å². The van der Waals surface area contributed by atoms with Gasteiger partial charge in [-0.1, -0.05) is 0 Å². The molecule has 0 fully saturated rings. The Labute approximate surface area is 94.1 Å². The molecule has 0 bridgehead atoms. The average Bonchev–Trinajstić information content (AvgIpc) is 2.75. The van der Waals surface area contributed by atoms with Crippen molar-refractivity contribution in [1.29, 1.82) is 0 Å². The standard InChI is InChI=1S/C10H16N6/c1-4-11-10-14-8-7(12-6-13-8)9(15-10)16(3)5-2/h6H,4-5H2,1-3H3,(H2,11,12,13,14,15). The van der Waals surface area contributed by atoms with E-state index in [1.54, 1.807) is 6.33 Å². The minimum atomic E-state index is 0.623. The van der Waals surface area contributed by atoms with Crippen molar-refractivity contribution < 1.29 is 0 Å². The Kier molecular flexibility index (Phi) is 2.89. The molecule has 0 amide bonds. The highest BCUT2D eigenvalue weighted by Gasteiger charge is 2.11. The number of rotatable bonds is 4. The molecule has 0 aliphatic carbocycles. The maximum Gasteiger partial charge on any atom is 0.226 e. The second kappa shape index (κ2) is 4.34. The zero-order chi connectivity index (χ0) is 11.5. The number of hydrogen-bond acceptors (Lipinski definition) is 5. The molecule has 0 aromatic carbocycles. The van der Waals surface area contributed by atoms with Gasteiger partial charge in [-0.15, -0.1) is 0 Å². The first-order valence-corrected chi connectivity index (χ1v) is 5.42. The number of nitrogens with zero attached hydrogens (tertiary/aromatic N) is 4. The number of fused-ring (bicyclic) bond motifs is 1. The summed E-state index contributed by atoms with van der Waals surface area (Å²) in [5.74, 6) is 1.50. The summed E-state index contributed by atoms with van der Waals surface area (Å²) in [7, 11) is 2.00. The number of aromatic amines is 1. The summed E-state index contributed by atoms with van der Waals surface area (Å²) in [6, 6.07) is 0. The lowest BCUT2D eigenvalue weighted by Crippen LogP contribution is -2.19. The van der Waals surface area contributed by atoms with Gasteiger partial charge in [0.1, 0.15) is 5.52 Å². The predicted molar refractivity (Wildman–Crippen MR) is 64.8 cm³/mol. The van der Waals surface area contributed by atoms with Crippen molar-refractivity contribution in [3.8, 4) is 0 Å². The maximum atomic E-state index is 4.47. The number of anilines is 2. The van der Waals surface area contributed by atoms with Crippen LogP contribution in [0.1, 0.15) is 13.8 Å². The highest BCUT2D eigenvalue weighted by Crippen LogP contribution is 2.21. The van der Waals surface area contributed by atoms with E-state index in [-0.39, 0.29) is 0 Å². The molecule has 0 unspecified atom stereocenters. The minimum Gasteiger partial charge on any atom is -0.358 e. The number of imidazole rings is 1. The van der Waals surface area contributed by atoms with Crippen LogP contribution in [0, 0.1) is 0 Å². The normalized spacial score (nSPS) is 10.7. The lowest BCUT2D eigenvalue weighted by atomic mass is 10.4. The molecule has 2 N–H and O–H groups in total. The van der Waals surface area contributed by atoms with Crippen molar-refractivity contribution in [3.05, 3.63) is 6.33 Å². The van der Waals surface area contributed by atoms with Crippen molar-refractivity contribution in [1.82, 2.24) is 19.9 Å². The van der Waals surface area contributed by atoms with E-state index in [0.717, 1.165) is 24.4 Å². The third-order valence-electron chi connectivity index (χ3n) is 2.44. The summed E-state index contributed by atoms with van der Waals surface area (Å²) < 4.78 is 0. The van der Waals surface area contributed by atoms with E-state index >= 15 is 0 Å². The molecule has 0 atom stereocenters. The number of nitrogens with one attached hydrogen (secondary N) is 2. The molecular weight excluding hydrogens is 204 g/mol. The second-order valence-electron chi connectivity index (χ2n) is 3.52. The van der Waals surface area contributed by atoms with Gasteiger partial charge in [0.2, 0.25) is 5.95 Å². The smallest absolute Gasteiger partial charge is 0.226 e. The molecular formula is C10H16N6. The number of aromatic nitrogens is 4. The predicted octanol–water partition coefficient (Wildman–Crippen LogP) is 1.24. The molecule has 16 heavy (non-hydrogen) atoms. The van der Waals surface area contributed by atoms with Gasteiger partial charge in [-0.25, -0.2) is 4.98 Å². The molecule has 2 aromatic heterocycles. The Morgan fingerprint density at radius 3 is 2.88 bits per heavy atom. The van der Waals surface area contributed by atoms with Crippen LogP contribution >= 0.6 is 0 Å². The van der Waals surface area contributed by atoms with Crippen LogP contribution in [0.15, 0.2) is 6.33 Å². The number of hydrogen-bond donors (Lipinski definition) is 2. The zero-order valence-electron chi connectivity index (χ0n) is 9.78. The van der Waals surface area contributed by atoms with Gasteiger partial charge in [0.25, 0.3) is 0 Å². The van der Waals surface area contributed by atoms with E-state index in [1.165, 1.54) is 0 Å². The van der Waals surface area contributed by atoms with Crippen molar-refractivity contribution in [2.45, 2.75) is 13.8 Å². The van der Waals surface area contributed by atoms with E-state index < -0.39 is 0 Å². The third-order valence-corrected chi connectivity index (χ3v) is 2.44. The lowest BCUT2D eigenvalue weighted by Gasteiger charge is -2.16. The fourth-order valence-electron chi connectivity index (χ4n) is 1.48. The van der Waals surface area contributed by atoms with Crippen LogP contribution in [-0.2, 0) is 0 Å². The molecule has 0 saturated carbocycles. The first-order valence-electron chi connectivity index (χ1n) is 5.42. The van der Waals surface area contributed by atoms with Gasteiger partial charge in [0, 0.05) is 20.1 Å². The zero-order valence-corrected chi connectivity index (χ0v) is 9.78. The first kappa shape index (κ1) is 10.7. The molecule has 0 spiro atoms. The fraction of sp³-hybridized carbons (Fsp3) is 0.500. The van der Waals surface area contributed by atoms with Gasteiger partial charge in [0.15, 0.2) is 11.5 Å². The summed E-state index contributed by atoms with van der Waals surface area (Å²) in [5.41, 5.74) is 1.58. The highest BCUT2D eigenvalue weighted by atomic mass is 15.2. The Morgan fingerprint density at radius 2 is 2.19 bits per heavy atom. The van der Waals surface area contributed by atoms with Gasteiger partial charge in [0.05, 0.1) is 6.33 Å². The van der Waals surface area contributed by atoms with Crippen LogP contribution in [0.5, 0.6) is 0 Å². The van der Waals surface area contributed by atoms with E-state index in [0.29, 0.717) is 11.6 Å². The van der Waals surface area contributed by atoms with Crippen LogP contribution in [-0.4, -0.2) is 40.1 Å². The Bertz CT molecular complexity index is 477. The van der Waals surface area contributed by atoms with E-state index in [4.69, 9.17) is 0 Å². The monoisotopic (exact) mass is 220 g/mol. The molecule has 86 valence electrons. The first-order chi connectivity index (χ1) is 7.76. The Hall–Kier alpha value is -1.85. The largest absolute Gasteiger partial charge is 0.358 e. The van der Waals surface area contributed by atoms with Crippen LogP contribution in [0.4, 0.5) is 11.8 Å². The molecule has 0 radical (unpaired) electrons. The van der Waals surface area contributed by atoms with E-state index in [2.05, 4.69) is 37.1 Å². The number of H-pyrrole nitrogens is 1. The Balaban J connectivity index is 2.54. The van der Waals surface area contributed by atoms with Crippen LogP contribution in [0.3, 0.4) is 0 Å². The summed E-state index contributed by atoms with van der Waals surface area (Å²) in [4.78, 5) is 18.1. The second-order valence-corrected chi connectivity index (χ2v) is 3.52. The third kappa shape index (κ3) is 1.78. The molecule has 0 aliphatic rings. The van der Waals surface area contributed by atoms with Crippen LogP contribution in [0.25, 0.3) is 11.2 Å². The van der Waals surface area contributed by atoms with Crippen molar-refractivity contribution in [2.75, 3.05) is 30.4 Å². The lowest BCUT2D eigenvalue weighted by molar-refractivity contribution is 0.935. The van der Waals surface area contributed by atoms with Gasteiger partial charge < -0.3 is 15.2 Å². The molecule has 0 saturated heterocycles. The summed E-state index contributed by atoms with van der Waals surface area (Å²) >= 11 is 0. The summed E-state index contributed by atoms with van der Waals surface area (Å²) in [6.45, 7) is 5.78. The molecule has 6 heteroatoms. The summed E-state index contributed by atoms with van der Waals surface area (Å²) in [5, 5.41) is 3.11. The minimum absolute atomic E-state index is 0.623.